The fourth-order valence-corrected chi connectivity index (χ4v) is 5.09. The average Bonchev–Trinajstić information content (AvgIpc) is 3.37. The molecule has 2 aliphatic heterocycles. The zero-order valence-electron chi connectivity index (χ0n) is 18.8. The van der Waals surface area contributed by atoms with Gasteiger partial charge in [-0.2, -0.15) is 0 Å². The van der Waals surface area contributed by atoms with Crippen molar-refractivity contribution in [3.8, 4) is 0 Å². The number of nitrogens with zero attached hydrogens (tertiary/aromatic N) is 5. The van der Waals surface area contributed by atoms with E-state index in [-0.39, 0.29) is 0 Å². The van der Waals surface area contributed by atoms with Gasteiger partial charge in [-0.05, 0) is 54.6 Å². The first-order valence-electron chi connectivity index (χ1n) is 11.4. The standard InChI is InChI=1S/C23H35N7S/c1-3-28-12-14-29(15-13-28)21-17-19(6-9-25-21)18-26-23(24-2)27-20-7-10-30(11-8-20)22-5-4-16-31-22/h4-6,9,16-17,20H,3,7-8,10-15,18H2,1-2H3,(H2,24,26,27). The Morgan fingerprint density at radius 2 is 1.94 bits per heavy atom. The molecule has 31 heavy (non-hydrogen) atoms. The molecule has 0 saturated carbocycles. The van der Waals surface area contributed by atoms with E-state index in [4.69, 9.17) is 0 Å². The third kappa shape index (κ3) is 5.89. The summed E-state index contributed by atoms with van der Waals surface area (Å²) in [4.78, 5) is 16.4. The lowest BCUT2D eigenvalue weighted by atomic mass is 10.1. The third-order valence-electron chi connectivity index (χ3n) is 6.29. The molecule has 2 fully saturated rings. The van der Waals surface area contributed by atoms with Crippen LogP contribution in [-0.4, -0.2) is 74.7 Å². The molecule has 7 nitrogen and oxygen atoms in total. The number of rotatable bonds is 6. The Balaban J connectivity index is 1.25. The number of piperidine rings is 1. The largest absolute Gasteiger partial charge is 0.363 e. The number of aromatic nitrogens is 1. The Hall–Kier alpha value is -2.32. The normalized spacial score (nSPS) is 19.0. The molecule has 168 valence electrons. The van der Waals surface area contributed by atoms with Crippen LogP contribution >= 0.6 is 11.3 Å². The van der Waals surface area contributed by atoms with Crippen LogP contribution in [0.15, 0.2) is 40.8 Å². The highest BCUT2D eigenvalue weighted by atomic mass is 32.1. The minimum Gasteiger partial charge on any atom is -0.363 e. The van der Waals surface area contributed by atoms with Crippen LogP contribution in [0.25, 0.3) is 0 Å². The highest BCUT2D eigenvalue weighted by molar-refractivity contribution is 7.14. The van der Waals surface area contributed by atoms with E-state index in [1.54, 1.807) is 0 Å². The van der Waals surface area contributed by atoms with Crippen molar-refractivity contribution in [2.75, 3.05) is 62.7 Å². The van der Waals surface area contributed by atoms with Gasteiger partial charge < -0.3 is 25.3 Å². The van der Waals surface area contributed by atoms with Crippen molar-refractivity contribution in [3.63, 3.8) is 0 Å². The first kappa shape index (κ1) is 21.9. The van der Waals surface area contributed by atoms with E-state index in [0.717, 1.165) is 77.0 Å². The summed E-state index contributed by atoms with van der Waals surface area (Å²) in [6.07, 6.45) is 4.18. The number of likely N-dealkylation sites (N-methyl/N-ethyl adjacent to an activating group) is 1. The number of anilines is 2. The van der Waals surface area contributed by atoms with Crippen LogP contribution in [0.2, 0.25) is 0 Å². The summed E-state index contributed by atoms with van der Waals surface area (Å²) >= 11 is 1.83. The number of hydrogen-bond acceptors (Lipinski definition) is 6. The lowest BCUT2D eigenvalue weighted by Crippen LogP contribution is -2.48. The van der Waals surface area contributed by atoms with Crippen LogP contribution in [0, 0.1) is 0 Å². The molecular formula is C23H35N7S. The number of pyridine rings is 1. The van der Waals surface area contributed by atoms with E-state index in [2.05, 4.69) is 71.9 Å². The second-order valence-electron chi connectivity index (χ2n) is 8.23. The van der Waals surface area contributed by atoms with E-state index in [1.807, 2.05) is 24.6 Å². The van der Waals surface area contributed by atoms with Crippen LogP contribution in [0.4, 0.5) is 10.8 Å². The Morgan fingerprint density at radius 1 is 1.13 bits per heavy atom. The Labute approximate surface area is 190 Å². The van der Waals surface area contributed by atoms with Gasteiger partial charge in [0.25, 0.3) is 0 Å². The highest BCUT2D eigenvalue weighted by Crippen LogP contribution is 2.24. The Kier molecular flexibility index (Phi) is 7.64. The number of guanidine groups is 1. The average molecular weight is 442 g/mol. The van der Waals surface area contributed by atoms with E-state index in [1.165, 1.54) is 10.6 Å². The van der Waals surface area contributed by atoms with Gasteiger partial charge in [-0.15, -0.1) is 11.3 Å². The smallest absolute Gasteiger partial charge is 0.191 e. The van der Waals surface area contributed by atoms with Gasteiger partial charge >= 0.3 is 0 Å². The maximum atomic E-state index is 4.61. The number of thiophene rings is 1. The van der Waals surface area contributed by atoms with E-state index < -0.39 is 0 Å². The summed E-state index contributed by atoms with van der Waals surface area (Å²) in [5, 5.41) is 10.6. The molecule has 2 aromatic rings. The molecule has 2 aromatic heterocycles. The number of aliphatic imine (C=N–C) groups is 1. The lowest BCUT2D eigenvalue weighted by molar-refractivity contribution is 0.270. The summed E-state index contributed by atoms with van der Waals surface area (Å²) in [6, 6.07) is 9.11. The first-order valence-corrected chi connectivity index (χ1v) is 12.3. The topological polar surface area (TPSA) is 59.0 Å². The summed E-state index contributed by atoms with van der Waals surface area (Å²) in [7, 11) is 1.85. The van der Waals surface area contributed by atoms with Gasteiger partial charge in [0.05, 0.1) is 5.00 Å². The molecule has 4 heterocycles. The second kappa shape index (κ2) is 10.8. The predicted octanol–water partition coefficient (Wildman–Crippen LogP) is 2.62. The zero-order valence-corrected chi connectivity index (χ0v) is 19.6. The van der Waals surface area contributed by atoms with Crippen molar-refractivity contribution < 1.29 is 0 Å². The molecule has 0 amide bonds. The molecule has 0 atom stereocenters. The summed E-state index contributed by atoms with van der Waals surface area (Å²) in [5.41, 5.74) is 1.23. The molecule has 0 radical (unpaired) electrons. The molecular weight excluding hydrogens is 406 g/mol. The molecule has 0 aliphatic carbocycles. The van der Waals surface area contributed by atoms with E-state index in [0.29, 0.717) is 6.04 Å². The van der Waals surface area contributed by atoms with Crippen LogP contribution in [0.5, 0.6) is 0 Å². The van der Waals surface area contributed by atoms with Crippen molar-refractivity contribution in [1.82, 2.24) is 20.5 Å². The van der Waals surface area contributed by atoms with E-state index in [9.17, 15) is 0 Å². The van der Waals surface area contributed by atoms with Gasteiger partial charge in [-0.1, -0.05) is 6.92 Å². The molecule has 2 N–H and O–H groups in total. The minimum atomic E-state index is 0.463. The predicted molar refractivity (Wildman–Crippen MR) is 131 cm³/mol. The van der Waals surface area contributed by atoms with Crippen molar-refractivity contribution in [2.24, 2.45) is 4.99 Å². The maximum Gasteiger partial charge on any atom is 0.191 e. The van der Waals surface area contributed by atoms with Crippen LogP contribution in [0.1, 0.15) is 25.3 Å². The fraction of sp³-hybridized carbons (Fsp3) is 0.565. The SMILES string of the molecule is CCN1CCN(c2cc(CNC(=NC)NC3CCN(c4cccs4)CC3)ccn2)CC1. The molecule has 2 saturated heterocycles. The summed E-state index contributed by atoms with van der Waals surface area (Å²) in [5.74, 6) is 1.96. The zero-order chi connectivity index (χ0) is 21.5. The molecule has 0 unspecified atom stereocenters. The summed E-state index contributed by atoms with van der Waals surface area (Å²) < 4.78 is 0. The maximum absolute atomic E-state index is 4.61. The summed E-state index contributed by atoms with van der Waals surface area (Å²) in [6.45, 7) is 10.6. The van der Waals surface area contributed by atoms with Gasteiger partial charge in [0.15, 0.2) is 5.96 Å². The Morgan fingerprint density at radius 3 is 2.61 bits per heavy atom. The fourth-order valence-electron chi connectivity index (χ4n) is 4.30. The van der Waals surface area contributed by atoms with Crippen molar-refractivity contribution >= 4 is 28.1 Å². The number of nitrogens with one attached hydrogen (secondary N) is 2. The van der Waals surface area contributed by atoms with Gasteiger partial charge in [0, 0.05) is 65.1 Å². The van der Waals surface area contributed by atoms with Crippen LogP contribution < -0.4 is 20.4 Å². The molecule has 4 rings (SSSR count). The van der Waals surface area contributed by atoms with Crippen molar-refractivity contribution in [1.29, 1.82) is 0 Å². The van der Waals surface area contributed by atoms with Gasteiger partial charge in [0.1, 0.15) is 5.82 Å². The Bertz CT molecular complexity index is 822. The van der Waals surface area contributed by atoms with Crippen LogP contribution in [-0.2, 0) is 6.54 Å². The molecule has 0 spiro atoms. The van der Waals surface area contributed by atoms with Gasteiger partial charge in [0.2, 0.25) is 0 Å². The monoisotopic (exact) mass is 441 g/mol. The van der Waals surface area contributed by atoms with Gasteiger partial charge in [-0.25, -0.2) is 4.98 Å². The van der Waals surface area contributed by atoms with Crippen molar-refractivity contribution in [2.45, 2.75) is 32.4 Å². The molecule has 0 bridgehead atoms. The van der Waals surface area contributed by atoms with Crippen molar-refractivity contribution in [3.05, 3.63) is 41.4 Å². The number of piperazine rings is 1. The molecule has 2 aliphatic rings. The van der Waals surface area contributed by atoms with Gasteiger partial charge in [-0.3, -0.25) is 4.99 Å². The van der Waals surface area contributed by atoms with E-state index >= 15 is 0 Å². The lowest BCUT2D eigenvalue weighted by Gasteiger charge is -2.35. The first-order chi connectivity index (χ1) is 15.2. The second-order valence-corrected chi connectivity index (χ2v) is 9.15. The molecule has 0 aromatic carbocycles. The molecule has 8 heteroatoms. The third-order valence-corrected chi connectivity index (χ3v) is 7.22. The quantitative estimate of drug-likeness (QED) is 0.531. The minimum absolute atomic E-state index is 0.463. The van der Waals surface area contributed by atoms with Crippen LogP contribution in [0.3, 0.4) is 0 Å². The number of hydrogen-bond donors (Lipinski definition) is 2. The highest BCUT2D eigenvalue weighted by Gasteiger charge is 2.21.